The van der Waals surface area contributed by atoms with E-state index in [0.717, 1.165) is 22.8 Å². The molecule has 0 aliphatic heterocycles. The maximum Gasteiger partial charge on any atom is 0.263 e. The number of ether oxygens (including phenoxy) is 1. The molecule has 9 heteroatoms. The maximum absolute atomic E-state index is 12.1. The van der Waals surface area contributed by atoms with Crippen molar-refractivity contribution in [3.8, 4) is 5.75 Å². The van der Waals surface area contributed by atoms with Gasteiger partial charge >= 0.3 is 0 Å². The topological polar surface area (TPSA) is 101 Å². The Morgan fingerprint density at radius 1 is 1.14 bits per heavy atom. The lowest BCUT2D eigenvalue weighted by molar-refractivity contribution is 0.0958. The molecule has 1 aromatic carbocycles. The number of anilines is 3. The molecule has 0 atom stereocenters. The molecule has 0 bridgehead atoms. The minimum atomic E-state index is -0.117. The summed E-state index contributed by atoms with van der Waals surface area (Å²) in [5.74, 6) is 1.86. The maximum atomic E-state index is 12.1. The molecule has 0 unspecified atom stereocenters. The van der Waals surface area contributed by atoms with Crippen LogP contribution in [0.5, 0.6) is 5.75 Å². The zero-order valence-corrected chi connectivity index (χ0v) is 16.8. The van der Waals surface area contributed by atoms with Gasteiger partial charge in [-0.05, 0) is 38.1 Å². The van der Waals surface area contributed by atoms with Crippen molar-refractivity contribution in [1.82, 2.24) is 20.3 Å². The molecule has 3 aromatic rings. The molecular formula is C19H22N6O2S. The van der Waals surface area contributed by atoms with Crippen molar-refractivity contribution in [3.05, 3.63) is 52.1 Å². The van der Waals surface area contributed by atoms with E-state index in [0.29, 0.717) is 29.7 Å². The number of hydrogen-bond acceptors (Lipinski definition) is 8. The Hall–Kier alpha value is -3.20. The van der Waals surface area contributed by atoms with E-state index in [1.165, 1.54) is 11.3 Å². The van der Waals surface area contributed by atoms with E-state index in [4.69, 9.17) is 4.74 Å². The Balaban J connectivity index is 1.54. The van der Waals surface area contributed by atoms with Crippen LogP contribution in [-0.2, 0) is 0 Å². The number of amides is 1. The third-order valence-corrected chi connectivity index (χ3v) is 4.79. The number of carbonyl (C=O) groups is 1. The Labute approximate surface area is 167 Å². The average Bonchev–Trinajstić information content (AvgIpc) is 3.11. The molecule has 0 saturated heterocycles. The number of thiazole rings is 1. The number of methoxy groups -OCH3 is 1. The molecular weight excluding hydrogens is 376 g/mol. The lowest BCUT2D eigenvalue weighted by atomic mass is 10.3. The van der Waals surface area contributed by atoms with E-state index in [1.54, 1.807) is 12.6 Å². The largest absolute Gasteiger partial charge is 0.497 e. The van der Waals surface area contributed by atoms with Crippen molar-refractivity contribution in [1.29, 1.82) is 0 Å². The number of nitrogens with zero attached hydrogens (tertiary/aromatic N) is 3. The highest BCUT2D eigenvalue weighted by molar-refractivity contribution is 7.11. The first-order chi connectivity index (χ1) is 13.5. The first-order valence-corrected chi connectivity index (χ1v) is 9.62. The number of nitrogens with one attached hydrogen (secondary N) is 3. The van der Waals surface area contributed by atoms with Gasteiger partial charge in [-0.25, -0.2) is 9.97 Å². The second-order valence-electron chi connectivity index (χ2n) is 6.02. The number of aromatic nitrogens is 3. The number of aryl methyl sites for hydroxylation is 2. The summed E-state index contributed by atoms with van der Waals surface area (Å²) in [5.41, 5.74) is 4.14. The first kappa shape index (κ1) is 19.6. The predicted molar refractivity (Wildman–Crippen MR) is 111 cm³/mol. The standard InChI is InChI=1S/C19H22N6O2S/c1-12-10-16(24-14-4-6-15(27-3)7-5-14)25-19(23-12)21-9-8-20-18(26)17-13(2)22-11-28-17/h4-7,10-11H,8-9H2,1-3H3,(H,20,26)(H2,21,23,24,25). The van der Waals surface area contributed by atoms with Gasteiger partial charge in [0.15, 0.2) is 0 Å². The third-order valence-electron chi connectivity index (χ3n) is 3.86. The normalized spacial score (nSPS) is 10.4. The predicted octanol–water partition coefficient (Wildman–Crippen LogP) is 3.14. The van der Waals surface area contributed by atoms with E-state index in [9.17, 15) is 4.79 Å². The molecule has 2 heterocycles. The van der Waals surface area contributed by atoms with E-state index < -0.39 is 0 Å². The average molecular weight is 398 g/mol. The molecule has 2 aromatic heterocycles. The molecule has 3 rings (SSSR count). The Morgan fingerprint density at radius 2 is 1.93 bits per heavy atom. The molecule has 1 amide bonds. The van der Waals surface area contributed by atoms with Crippen LogP contribution in [0.1, 0.15) is 21.1 Å². The van der Waals surface area contributed by atoms with Crippen molar-refractivity contribution in [2.75, 3.05) is 30.8 Å². The van der Waals surface area contributed by atoms with Gasteiger partial charge in [-0.15, -0.1) is 11.3 Å². The Kier molecular flexibility index (Phi) is 6.38. The van der Waals surface area contributed by atoms with E-state index in [1.807, 2.05) is 44.2 Å². The summed E-state index contributed by atoms with van der Waals surface area (Å²) in [7, 11) is 1.63. The smallest absolute Gasteiger partial charge is 0.263 e. The van der Waals surface area contributed by atoms with Crippen molar-refractivity contribution < 1.29 is 9.53 Å². The van der Waals surface area contributed by atoms with Gasteiger partial charge in [0.2, 0.25) is 5.95 Å². The van der Waals surface area contributed by atoms with Crippen LogP contribution in [0.3, 0.4) is 0 Å². The summed E-state index contributed by atoms with van der Waals surface area (Å²) in [6, 6.07) is 9.45. The van der Waals surface area contributed by atoms with E-state index in [2.05, 4.69) is 30.9 Å². The van der Waals surface area contributed by atoms with Gasteiger partial charge in [-0.3, -0.25) is 4.79 Å². The molecule has 146 valence electrons. The fourth-order valence-corrected chi connectivity index (χ4v) is 3.20. The molecule has 0 fully saturated rings. The van der Waals surface area contributed by atoms with Crippen molar-refractivity contribution in [2.45, 2.75) is 13.8 Å². The van der Waals surface area contributed by atoms with Gasteiger partial charge < -0.3 is 20.7 Å². The van der Waals surface area contributed by atoms with Crippen LogP contribution in [0.25, 0.3) is 0 Å². The second-order valence-corrected chi connectivity index (χ2v) is 6.88. The summed E-state index contributed by atoms with van der Waals surface area (Å²) in [6.45, 7) is 4.69. The summed E-state index contributed by atoms with van der Waals surface area (Å²) in [5, 5.41) is 9.25. The molecule has 0 aliphatic carbocycles. The van der Waals surface area contributed by atoms with Gasteiger partial charge in [-0.2, -0.15) is 4.98 Å². The van der Waals surface area contributed by atoms with Gasteiger partial charge in [0.05, 0.1) is 18.3 Å². The Morgan fingerprint density at radius 3 is 2.61 bits per heavy atom. The molecule has 3 N–H and O–H groups in total. The second kappa shape index (κ2) is 9.14. The summed E-state index contributed by atoms with van der Waals surface area (Å²) < 4.78 is 5.16. The molecule has 0 saturated carbocycles. The summed E-state index contributed by atoms with van der Waals surface area (Å²) in [4.78, 5) is 25.6. The Bertz CT molecular complexity index is 942. The zero-order chi connectivity index (χ0) is 19.9. The minimum Gasteiger partial charge on any atom is -0.497 e. The number of benzene rings is 1. The van der Waals surface area contributed by atoms with Gasteiger partial charge in [0.25, 0.3) is 5.91 Å². The van der Waals surface area contributed by atoms with Crippen LogP contribution in [0, 0.1) is 13.8 Å². The molecule has 28 heavy (non-hydrogen) atoms. The minimum absolute atomic E-state index is 0.117. The van der Waals surface area contributed by atoms with Crippen molar-refractivity contribution in [2.24, 2.45) is 0 Å². The fraction of sp³-hybridized carbons (Fsp3) is 0.263. The number of hydrogen-bond donors (Lipinski definition) is 3. The highest BCUT2D eigenvalue weighted by Crippen LogP contribution is 2.20. The summed E-state index contributed by atoms with van der Waals surface area (Å²) in [6.07, 6.45) is 0. The van der Waals surface area contributed by atoms with Gasteiger partial charge in [-0.1, -0.05) is 0 Å². The quantitative estimate of drug-likeness (QED) is 0.501. The van der Waals surface area contributed by atoms with Crippen LogP contribution >= 0.6 is 11.3 Å². The molecule has 0 aliphatic rings. The van der Waals surface area contributed by atoms with Crippen LogP contribution in [0.2, 0.25) is 0 Å². The SMILES string of the molecule is COc1ccc(Nc2cc(C)nc(NCCNC(=O)c3scnc3C)n2)cc1. The van der Waals surface area contributed by atoms with Crippen LogP contribution < -0.4 is 20.7 Å². The summed E-state index contributed by atoms with van der Waals surface area (Å²) >= 11 is 1.33. The third kappa shape index (κ3) is 5.17. The monoisotopic (exact) mass is 398 g/mol. The van der Waals surface area contributed by atoms with E-state index >= 15 is 0 Å². The van der Waals surface area contributed by atoms with Gasteiger partial charge in [0, 0.05) is 30.5 Å². The van der Waals surface area contributed by atoms with Crippen LogP contribution in [-0.4, -0.2) is 41.1 Å². The lowest BCUT2D eigenvalue weighted by Gasteiger charge is -2.11. The van der Waals surface area contributed by atoms with Crippen LogP contribution in [0.4, 0.5) is 17.5 Å². The van der Waals surface area contributed by atoms with Gasteiger partial charge in [0.1, 0.15) is 16.4 Å². The molecule has 8 nitrogen and oxygen atoms in total. The highest BCUT2D eigenvalue weighted by atomic mass is 32.1. The molecule has 0 radical (unpaired) electrons. The fourth-order valence-electron chi connectivity index (χ4n) is 2.48. The first-order valence-electron chi connectivity index (χ1n) is 8.74. The molecule has 0 spiro atoms. The number of rotatable bonds is 8. The number of carbonyl (C=O) groups excluding carboxylic acids is 1. The highest BCUT2D eigenvalue weighted by Gasteiger charge is 2.10. The van der Waals surface area contributed by atoms with E-state index in [-0.39, 0.29) is 5.91 Å². The van der Waals surface area contributed by atoms with Crippen LogP contribution in [0.15, 0.2) is 35.8 Å². The van der Waals surface area contributed by atoms with Crippen molar-refractivity contribution in [3.63, 3.8) is 0 Å². The van der Waals surface area contributed by atoms with Crippen molar-refractivity contribution >= 4 is 34.7 Å². The zero-order valence-electron chi connectivity index (χ0n) is 15.9. The lowest BCUT2D eigenvalue weighted by Crippen LogP contribution is -2.29.